The number of hydrogen-bond donors (Lipinski definition) is 4. The van der Waals surface area contributed by atoms with Crippen molar-refractivity contribution in [2.24, 2.45) is 0 Å². The van der Waals surface area contributed by atoms with Crippen LogP contribution in [0.4, 0.5) is 0 Å². The smallest absolute Gasteiger partial charge is 0.478 e. The normalized spacial score (nSPS) is 25.7. The minimum Gasteiger partial charge on any atom is -0.478 e. The molecular weight excluding hydrogens is 489 g/mol. The van der Waals surface area contributed by atoms with Crippen LogP contribution in [0.1, 0.15) is 25.1 Å². The number of aliphatic hydroxyl groups is 1. The van der Waals surface area contributed by atoms with E-state index < -0.39 is 47.8 Å². The Morgan fingerprint density at radius 1 is 1.26 bits per heavy atom. The Morgan fingerprint density at radius 2 is 1.90 bits per heavy atom. The number of ether oxygens (including phenoxy) is 2. The van der Waals surface area contributed by atoms with Crippen LogP contribution in [-0.4, -0.2) is 55.4 Å². The van der Waals surface area contributed by atoms with Gasteiger partial charge >= 0.3 is 29.2 Å². The lowest BCUT2D eigenvalue weighted by atomic mass is 10.2. The van der Waals surface area contributed by atoms with Crippen molar-refractivity contribution < 1.29 is 60.6 Å². The summed E-state index contributed by atoms with van der Waals surface area (Å²) < 4.78 is 63.2. The fraction of sp³-hybridized carbons (Fsp3) is 0.667. The third kappa shape index (κ3) is 7.26. The fourth-order valence-electron chi connectivity index (χ4n) is 2.43. The zero-order valence-electron chi connectivity index (χ0n) is 16.3. The Hall–Kier alpha value is -0.990. The summed E-state index contributed by atoms with van der Waals surface area (Å²) in [4.78, 5) is 42.5. The molecule has 1 saturated heterocycles. The molecule has 16 nitrogen and oxygen atoms in total. The largest absolute Gasteiger partial charge is 0.490 e. The molecule has 0 spiro atoms. The third-order valence-corrected chi connectivity index (χ3v) is 7.81. The minimum absolute atomic E-state index is 0.108. The first-order valence-corrected chi connectivity index (χ1v) is 12.9. The van der Waals surface area contributed by atoms with Gasteiger partial charge in [0.15, 0.2) is 6.29 Å². The van der Waals surface area contributed by atoms with Gasteiger partial charge in [0.25, 0.3) is 0 Å². The molecule has 0 saturated carbocycles. The van der Waals surface area contributed by atoms with Gasteiger partial charge in [0.05, 0.1) is 6.61 Å². The van der Waals surface area contributed by atoms with Gasteiger partial charge in [-0.15, -0.1) is 0 Å². The van der Waals surface area contributed by atoms with Gasteiger partial charge in [-0.25, -0.2) is 18.5 Å². The fourth-order valence-corrected chi connectivity index (χ4v) is 5.86. The van der Waals surface area contributed by atoms with E-state index in [-0.39, 0.29) is 18.9 Å². The SMILES string of the molecule is CCOc1nc(=O)n([C@H]2C[C@H](O)[C@@H](OP(=O)(OC)OP(=O)(O)OP(=O)(O)O)O2)cc1C. The maximum atomic E-state index is 12.4. The lowest BCUT2D eigenvalue weighted by Crippen LogP contribution is -2.28. The molecule has 0 amide bonds. The van der Waals surface area contributed by atoms with Crippen molar-refractivity contribution in [2.45, 2.75) is 38.9 Å². The molecule has 5 atom stereocenters. The van der Waals surface area contributed by atoms with E-state index in [2.05, 4.69) is 18.1 Å². The van der Waals surface area contributed by atoms with E-state index in [1.165, 1.54) is 6.20 Å². The molecule has 0 radical (unpaired) electrons. The summed E-state index contributed by atoms with van der Waals surface area (Å²) in [7, 11) is -15.4. The van der Waals surface area contributed by atoms with Crippen LogP contribution in [0.5, 0.6) is 5.88 Å². The van der Waals surface area contributed by atoms with Crippen molar-refractivity contribution in [1.29, 1.82) is 0 Å². The van der Waals surface area contributed by atoms with Gasteiger partial charge in [-0.2, -0.15) is 13.6 Å². The molecule has 178 valence electrons. The first-order valence-electron chi connectivity index (χ1n) is 8.40. The second-order valence-electron chi connectivity index (χ2n) is 5.97. The van der Waals surface area contributed by atoms with E-state index in [1.54, 1.807) is 13.8 Å². The van der Waals surface area contributed by atoms with Crippen LogP contribution in [0.15, 0.2) is 11.0 Å². The van der Waals surface area contributed by atoms with Gasteiger partial charge in [-0.3, -0.25) is 13.6 Å². The van der Waals surface area contributed by atoms with E-state index in [9.17, 15) is 28.5 Å². The highest BCUT2D eigenvalue weighted by Gasteiger charge is 2.47. The number of aromatic nitrogens is 2. The lowest BCUT2D eigenvalue weighted by molar-refractivity contribution is -0.135. The summed E-state index contributed by atoms with van der Waals surface area (Å²) in [6.07, 6.45) is -3.35. The Kier molecular flexibility index (Phi) is 8.37. The molecule has 1 aromatic rings. The zero-order chi connectivity index (χ0) is 23.6. The van der Waals surface area contributed by atoms with Crippen molar-refractivity contribution >= 4 is 23.5 Å². The van der Waals surface area contributed by atoms with Crippen LogP contribution in [0, 0.1) is 6.92 Å². The molecule has 1 aliphatic rings. The van der Waals surface area contributed by atoms with Crippen molar-refractivity contribution in [3.05, 3.63) is 22.2 Å². The van der Waals surface area contributed by atoms with Gasteiger partial charge in [0, 0.05) is 25.3 Å². The molecule has 0 aliphatic carbocycles. The Morgan fingerprint density at radius 3 is 2.45 bits per heavy atom. The van der Waals surface area contributed by atoms with Crippen LogP contribution in [0.25, 0.3) is 0 Å². The lowest BCUT2D eigenvalue weighted by Gasteiger charge is -2.23. The van der Waals surface area contributed by atoms with Crippen molar-refractivity contribution in [2.75, 3.05) is 13.7 Å². The molecule has 1 aliphatic heterocycles. The summed E-state index contributed by atoms with van der Waals surface area (Å²) in [5.74, 6) is 0.108. The van der Waals surface area contributed by atoms with Gasteiger partial charge < -0.3 is 29.3 Å². The van der Waals surface area contributed by atoms with Gasteiger partial charge in [0.2, 0.25) is 5.88 Å². The summed E-state index contributed by atoms with van der Waals surface area (Å²) in [6, 6.07) is 0. The Bertz CT molecular complexity index is 991. The van der Waals surface area contributed by atoms with Crippen LogP contribution in [0.3, 0.4) is 0 Å². The molecule has 1 fully saturated rings. The van der Waals surface area contributed by atoms with Crippen molar-refractivity contribution in [1.82, 2.24) is 9.55 Å². The van der Waals surface area contributed by atoms with E-state index >= 15 is 0 Å². The topological polar surface area (TPSA) is 222 Å². The first-order chi connectivity index (χ1) is 14.2. The van der Waals surface area contributed by atoms with Gasteiger partial charge in [0.1, 0.15) is 12.3 Å². The number of rotatable bonds is 10. The van der Waals surface area contributed by atoms with E-state index in [0.717, 1.165) is 11.7 Å². The second kappa shape index (κ2) is 9.87. The quantitative estimate of drug-likeness (QED) is 0.316. The van der Waals surface area contributed by atoms with Gasteiger partial charge in [-0.1, -0.05) is 0 Å². The number of nitrogens with zero attached hydrogens (tertiary/aromatic N) is 2. The summed E-state index contributed by atoms with van der Waals surface area (Å²) in [5.41, 5.74) is -0.307. The van der Waals surface area contributed by atoms with Crippen molar-refractivity contribution in [3.8, 4) is 5.88 Å². The van der Waals surface area contributed by atoms with E-state index in [0.29, 0.717) is 5.56 Å². The van der Waals surface area contributed by atoms with Crippen LogP contribution in [0.2, 0.25) is 0 Å². The molecule has 31 heavy (non-hydrogen) atoms. The van der Waals surface area contributed by atoms with Crippen molar-refractivity contribution in [3.63, 3.8) is 0 Å². The zero-order valence-corrected chi connectivity index (χ0v) is 19.0. The molecule has 2 unspecified atom stereocenters. The van der Waals surface area contributed by atoms with E-state index in [4.69, 9.17) is 23.8 Å². The number of hydrogen-bond acceptors (Lipinski definition) is 12. The standard InChI is InChI=1S/C12H21N2O14P3/c1-4-24-10-7(2)6-14(12(16)13-10)9-5-8(15)11(25-9)26-31(22,23-3)28-30(20,21)27-29(17,18)19/h6,8-9,11,15H,4-5H2,1-3H3,(H,20,21)(H2,17,18,19)/t8-,9+,11+,31?/m0/s1. The summed E-state index contributed by atoms with van der Waals surface area (Å²) >= 11 is 0. The third-order valence-electron chi connectivity index (χ3n) is 3.60. The van der Waals surface area contributed by atoms with E-state index in [1.807, 2.05) is 0 Å². The molecule has 0 aromatic carbocycles. The maximum Gasteiger partial charge on any atom is 0.490 e. The predicted molar refractivity (Wildman–Crippen MR) is 98.7 cm³/mol. The van der Waals surface area contributed by atoms with Crippen LogP contribution in [-0.2, 0) is 36.1 Å². The highest BCUT2D eigenvalue weighted by atomic mass is 31.3. The average molecular weight is 510 g/mol. The number of phosphoric ester groups is 1. The van der Waals surface area contributed by atoms with Crippen LogP contribution >= 0.6 is 23.5 Å². The molecule has 1 aromatic heterocycles. The first kappa shape index (κ1) is 26.3. The number of aryl methyl sites for hydroxylation is 1. The Balaban J connectivity index is 2.18. The highest BCUT2D eigenvalue weighted by Crippen LogP contribution is 2.68. The summed E-state index contributed by atoms with van der Waals surface area (Å²) in [5, 5.41) is 10.1. The Labute approximate surface area is 175 Å². The van der Waals surface area contributed by atoms with Crippen LogP contribution < -0.4 is 10.4 Å². The monoisotopic (exact) mass is 510 g/mol. The second-order valence-corrected chi connectivity index (χ2v) is 10.7. The maximum absolute atomic E-state index is 12.4. The molecule has 0 bridgehead atoms. The number of phosphoric acid groups is 3. The minimum atomic E-state index is -5.62. The highest BCUT2D eigenvalue weighted by molar-refractivity contribution is 7.66. The summed E-state index contributed by atoms with van der Waals surface area (Å²) in [6.45, 7) is 3.59. The predicted octanol–water partition coefficient (Wildman–Crippen LogP) is 0.554. The molecule has 2 heterocycles. The molecule has 2 rings (SSSR count). The van der Waals surface area contributed by atoms with Gasteiger partial charge in [-0.05, 0) is 13.8 Å². The number of aliphatic hydroxyl groups excluding tert-OH is 1. The molecule has 4 N–H and O–H groups in total. The average Bonchev–Trinajstić information content (AvgIpc) is 2.95. The molecule has 19 heteroatoms. The molecular formula is C12H21N2O14P3.